The first-order chi connectivity index (χ1) is 14.1. The molecule has 0 bridgehead atoms. The minimum atomic E-state index is -0.283. The number of aryl methyl sites for hydroxylation is 1. The van der Waals surface area contributed by atoms with Crippen molar-refractivity contribution >= 4 is 17.2 Å². The fourth-order valence-electron chi connectivity index (χ4n) is 3.73. The van der Waals surface area contributed by atoms with Gasteiger partial charge in [-0.2, -0.15) is 5.10 Å². The van der Waals surface area contributed by atoms with Gasteiger partial charge in [0.15, 0.2) is 5.82 Å². The molecule has 0 radical (unpaired) electrons. The van der Waals surface area contributed by atoms with Gasteiger partial charge in [-0.1, -0.05) is 18.2 Å². The van der Waals surface area contributed by atoms with Gasteiger partial charge in [0.1, 0.15) is 11.6 Å². The standard InChI is InChI=1S/C21H24FN5OS/c1-14-23-21(26-25-14)16-8-10-27(11-9-16)13-19(28)24-20(18-3-2-12-29-18)15-4-6-17(22)7-5-15/h2-7,12,16,20H,8-11,13H2,1H3,(H,24,28)(H,23,25,26). The summed E-state index contributed by atoms with van der Waals surface area (Å²) in [5.74, 6) is 1.75. The predicted molar refractivity (Wildman–Crippen MR) is 110 cm³/mol. The van der Waals surface area contributed by atoms with Crippen molar-refractivity contribution in [2.45, 2.75) is 31.7 Å². The minimum Gasteiger partial charge on any atom is -0.343 e. The van der Waals surface area contributed by atoms with Crippen LogP contribution in [-0.2, 0) is 4.79 Å². The second kappa shape index (κ2) is 8.84. The fourth-order valence-corrected chi connectivity index (χ4v) is 4.53. The fraction of sp³-hybridized carbons (Fsp3) is 0.381. The Balaban J connectivity index is 1.36. The average molecular weight is 414 g/mol. The van der Waals surface area contributed by atoms with E-state index in [1.807, 2.05) is 24.4 Å². The van der Waals surface area contributed by atoms with Crippen LogP contribution in [0.25, 0.3) is 0 Å². The molecule has 3 heterocycles. The van der Waals surface area contributed by atoms with E-state index < -0.39 is 0 Å². The summed E-state index contributed by atoms with van der Waals surface area (Å²) in [5, 5.41) is 12.3. The lowest BCUT2D eigenvalue weighted by atomic mass is 9.96. The molecule has 8 heteroatoms. The maximum atomic E-state index is 13.3. The quantitative estimate of drug-likeness (QED) is 0.650. The number of rotatable bonds is 6. The molecule has 2 aromatic heterocycles. The number of benzene rings is 1. The van der Waals surface area contributed by atoms with Crippen LogP contribution in [0.2, 0.25) is 0 Å². The van der Waals surface area contributed by atoms with Gasteiger partial charge in [0, 0.05) is 10.8 Å². The molecule has 1 unspecified atom stereocenters. The van der Waals surface area contributed by atoms with Crippen LogP contribution >= 0.6 is 11.3 Å². The molecule has 4 rings (SSSR count). The van der Waals surface area contributed by atoms with Gasteiger partial charge in [-0.15, -0.1) is 11.3 Å². The Labute approximate surface area is 173 Å². The van der Waals surface area contributed by atoms with Gasteiger partial charge in [-0.05, 0) is 62.0 Å². The van der Waals surface area contributed by atoms with Crippen LogP contribution in [0.3, 0.4) is 0 Å². The Morgan fingerprint density at radius 2 is 2.07 bits per heavy atom. The Morgan fingerprint density at radius 3 is 2.69 bits per heavy atom. The van der Waals surface area contributed by atoms with E-state index in [2.05, 4.69) is 25.4 Å². The van der Waals surface area contributed by atoms with Crippen molar-refractivity contribution in [1.29, 1.82) is 0 Å². The number of nitrogens with one attached hydrogen (secondary N) is 2. The molecule has 29 heavy (non-hydrogen) atoms. The highest BCUT2D eigenvalue weighted by molar-refractivity contribution is 7.10. The molecule has 1 aromatic carbocycles. The highest BCUT2D eigenvalue weighted by Crippen LogP contribution is 2.27. The van der Waals surface area contributed by atoms with Crippen LogP contribution in [0.5, 0.6) is 0 Å². The first-order valence-corrected chi connectivity index (χ1v) is 10.7. The molecule has 2 N–H and O–H groups in total. The lowest BCUT2D eigenvalue weighted by molar-refractivity contribution is -0.123. The molecule has 1 fully saturated rings. The van der Waals surface area contributed by atoms with Crippen LogP contribution < -0.4 is 5.32 Å². The van der Waals surface area contributed by atoms with E-state index in [-0.39, 0.29) is 17.8 Å². The number of H-pyrrole nitrogens is 1. The Bertz CT molecular complexity index is 932. The third kappa shape index (κ3) is 4.89. The number of nitrogens with zero attached hydrogens (tertiary/aromatic N) is 3. The van der Waals surface area contributed by atoms with Gasteiger partial charge in [-0.25, -0.2) is 9.37 Å². The molecular weight excluding hydrogens is 389 g/mol. The van der Waals surface area contributed by atoms with Gasteiger partial charge in [-0.3, -0.25) is 14.8 Å². The Kier molecular flexibility index (Phi) is 6.01. The lowest BCUT2D eigenvalue weighted by Gasteiger charge is -2.30. The largest absolute Gasteiger partial charge is 0.343 e. The van der Waals surface area contributed by atoms with Gasteiger partial charge in [0.25, 0.3) is 0 Å². The van der Waals surface area contributed by atoms with E-state index >= 15 is 0 Å². The zero-order valence-corrected chi connectivity index (χ0v) is 17.1. The van der Waals surface area contributed by atoms with E-state index in [9.17, 15) is 9.18 Å². The SMILES string of the molecule is Cc1nc(C2CCN(CC(=O)NC(c3ccc(F)cc3)c3cccs3)CC2)n[nH]1. The molecule has 0 saturated carbocycles. The summed E-state index contributed by atoms with van der Waals surface area (Å²) in [7, 11) is 0. The predicted octanol–water partition coefficient (Wildman–Crippen LogP) is 3.40. The normalized spacial score (nSPS) is 16.6. The van der Waals surface area contributed by atoms with Crippen LogP contribution in [-0.4, -0.2) is 45.6 Å². The Hall–Kier alpha value is -2.58. The molecule has 1 atom stereocenters. The van der Waals surface area contributed by atoms with Gasteiger partial charge >= 0.3 is 0 Å². The molecule has 1 aliphatic rings. The van der Waals surface area contributed by atoms with Crippen LogP contribution in [0.15, 0.2) is 41.8 Å². The molecule has 1 aliphatic heterocycles. The summed E-state index contributed by atoms with van der Waals surface area (Å²) >= 11 is 1.58. The number of aromatic nitrogens is 3. The zero-order chi connectivity index (χ0) is 20.2. The van der Waals surface area contributed by atoms with Crippen molar-refractivity contribution in [3.8, 4) is 0 Å². The monoisotopic (exact) mass is 413 g/mol. The summed E-state index contributed by atoms with van der Waals surface area (Å²) in [4.78, 5) is 20.4. The highest BCUT2D eigenvalue weighted by atomic mass is 32.1. The van der Waals surface area contributed by atoms with Crippen molar-refractivity contribution < 1.29 is 9.18 Å². The summed E-state index contributed by atoms with van der Waals surface area (Å²) < 4.78 is 13.3. The number of halogens is 1. The minimum absolute atomic E-state index is 0.0279. The highest BCUT2D eigenvalue weighted by Gasteiger charge is 2.25. The van der Waals surface area contributed by atoms with E-state index in [1.165, 1.54) is 12.1 Å². The summed E-state index contributed by atoms with van der Waals surface area (Å²) in [6, 6.07) is 9.99. The Morgan fingerprint density at radius 1 is 1.31 bits per heavy atom. The second-order valence-corrected chi connectivity index (χ2v) is 8.38. The van der Waals surface area contributed by atoms with E-state index in [0.29, 0.717) is 12.5 Å². The lowest BCUT2D eigenvalue weighted by Crippen LogP contribution is -2.42. The van der Waals surface area contributed by atoms with Gasteiger partial charge in [0.2, 0.25) is 5.91 Å². The molecule has 1 amide bonds. The number of carbonyl (C=O) groups is 1. The molecule has 1 saturated heterocycles. The summed E-state index contributed by atoms with van der Waals surface area (Å²) in [6.07, 6.45) is 1.88. The third-order valence-corrected chi connectivity index (χ3v) is 6.21. The number of amides is 1. The summed E-state index contributed by atoms with van der Waals surface area (Å²) in [5.41, 5.74) is 0.876. The number of thiophene rings is 1. The number of carbonyl (C=O) groups excluding carboxylic acids is 1. The van der Waals surface area contributed by atoms with Crippen LogP contribution in [0, 0.1) is 12.7 Å². The first kappa shape index (κ1) is 19.7. The van der Waals surface area contributed by atoms with Crippen LogP contribution in [0.4, 0.5) is 4.39 Å². The van der Waals surface area contributed by atoms with Crippen molar-refractivity contribution in [1.82, 2.24) is 25.4 Å². The molecular formula is C21H24FN5OS. The molecule has 6 nitrogen and oxygen atoms in total. The van der Waals surface area contributed by atoms with Crippen molar-refractivity contribution in [2.24, 2.45) is 0 Å². The molecule has 0 aliphatic carbocycles. The average Bonchev–Trinajstić information content (AvgIpc) is 3.39. The second-order valence-electron chi connectivity index (χ2n) is 7.40. The first-order valence-electron chi connectivity index (χ1n) is 9.78. The van der Waals surface area contributed by atoms with Crippen molar-refractivity contribution in [3.63, 3.8) is 0 Å². The van der Waals surface area contributed by atoms with E-state index in [4.69, 9.17) is 0 Å². The number of hydrogen-bond donors (Lipinski definition) is 2. The molecule has 3 aromatic rings. The van der Waals surface area contributed by atoms with Gasteiger partial charge in [0.05, 0.1) is 12.6 Å². The molecule has 152 valence electrons. The van der Waals surface area contributed by atoms with Crippen LogP contribution in [0.1, 0.15) is 46.9 Å². The third-order valence-electron chi connectivity index (χ3n) is 5.27. The maximum Gasteiger partial charge on any atom is 0.234 e. The number of piperidine rings is 1. The van der Waals surface area contributed by atoms with E-state index in [0.717, 1.165) is 48.0 Å². The summed E-state index contributed by atoms with van der Waals surface area (Å²) in [6.45, 7) is 3.93. The van der Waals surface area contributed by atoms with E-state index in [1.54, 1.807) is 23.5 Å². The maximum absolute atomic E-state index is 13.3. The smallest absolute Gasteiger partial charge is 0.234 e. The number of likely N-dealkylation sites (tertiary alicyclic amines) is 1. The topological polar surface area (TPSA) is 73.9 Å². The zero-order valence-electron chi connectivity index (χ0n) is 16.3. The number of hydrogen-bond acceptors (Lipinski definition) is 5. The number of aromatic amines is 1. The van der Waals surface area contributed by atoms with Crippen molar-refractivity contribution in [2.75, 3.05) is 19.6 Å². The van der Waals surface area contributed by atoms with Crippen molar-refractivity contribution in [3.05, 3.63) is 69.7 Å². The van der Waals surface area contributed by atoms with Gasteiger partial charge < -0.3 is 5.32 Å². The molecule has 0 spiro atoms.